The number of nitrogens with zero attached hydrogens (tertiary/aromatic N) is 2. The molecule has 34 heavy (non-hydrogen) atoms. The fourth-order valence-electron chi connectivity index (χ4n) is 3.54. The predicted octanol–water partition coefficient (Wildman–Crippen LogP) is 3.72. The fourth-order valence-corrected chi connectivity index (χ4v) is 6.95. The van der Waals surface area contributed by atoms with E-state index in [1.54, 1.807) is 21.3 Å². The summed E-state index contributed by atoms with van der Waals surface area (Å²) >= 11 is 0. The first-order valence-corrected chi connectivity index (χ1v) is 14.7. The zero-order chi connectivity index (χ0) is 27.3. The van der Waals surface area contributed by atoms with Crippen LogP contribution in [0.2, 0.25) is 6.04 Å². The lowest BCUT2D eigenvalue weighted by Gasteiger charge is -2.46. The summed E-state index contributed by atoms with van der Waals surface area (Å²) in [5.74, 6) is 0. The van der Waals surface area contributed by atoms with E-state index in [4.69, 9.17) is 13.3 Å². The van der Waals surface area contributed by atoms with Crippen LogP contribution in [0.4, 0.5) is 26.3 Å². The summed E-state index contributed by atoms with van der Waals surface area (Å²) in [6, 6.07) is 0.909. The van der Waals surface area contributed by atoms with Crippen molar-refractivity contribution in [1.29, 1.82) is 0 Å². The van der Waals surface area contributed by atoms with Gasteiger partial charge in [-0.15, -0.1) is 0 Å². The van der Waals surface area contributed by atoms with Gasteiger partial charge in [0.15, 0.2) is 20.0 Å². The second-order valence-corrected chi connectivity index (χ2v) is 15.0. The molecule has 1 saturated heterocycles. The van der Waals surface area contributed by atoms with Gasteiger partial charge in [-0.2, -0.15) is 26.3 Å². The highest BCUT2D eigenvalue weighted by Gasteiger charge is 2.47. The summed E-state index contributed by atoms with van der Waals surface area (Å²) < 4.78 is 127. The molecule has 0 saturated carbocycles. The molecule has 0 atom stereocenters. The van der Waals surface area contributed by atoms with E-state index in [-0.39, 0.29) is 0 Å². The van der Waals surface area contributed by atoms with Crippen molar-refractivity contribution in [3.63, 3.8) is 0 Å². The van der Waals surface area contributed by atoms with Crippen molar-refractivity contribution in [3.05, 3.63) is 4.13 Å². The van der Waals surface area contributed by atoms with Gasteiger partial charge in [0, 0.05) is 46.6 Å². The average Bonchev–Trinajstić information content (AvgIpc) is 3.14. The Labute approximate surface area is 197 Å². The highest BCUT2D eigenvalue weighted by molar-refractivity contribution is 8.13. The summed E-state index contributed by atoms with van der Waals surface area (Å²) in [4.78, 5) is 0. The molecular weight excluding hydrogens is 538 g/mol. The molecule has 0 radical (unpaired) electrons. The van der Waals surface area contributed by atoms with Gasteiger partial charge in [-0.1, -0.05) is 0 Å². The quantitative estimate of drug-likeness (QED) is 0.236. The molecule has 0 unspecified atom stereocenters. The van der Waals surface area contributed by atoms with Crippen LogP contribution >= 0.6 is 0 Å². The number of hydrogen-bond acceptors (Lipinski definition) is 7. The molecule has 0 aliphatic carbocycles. The molecular formula is C16H32F6N2O7S2Si. The van der Waals surface area contributed by atoms with Crippen molar-refractivity contribution in [2.45, 2.75) is 62.6 Å². The standard InChI is InChI=1S/C14H32NO3Si.C2F6NO4S2/c1-14(2,3)15(10-7-8-11-15)12-9-13-19(16-4,17-5)18-6;3-1(4,5)14(10,11)9-15(12,13)2(6,7)8/h7-13H2,1-6H3;/q+1;-1. The van der Waals surface area contributed by atoms with E-state index in [0.29, 0.717) is 5.54 Å². The first-order valence-electron chi connectivity index (χ1n) is 9.94. The Morgan fingerprint density at radius 3 is 1.41 bits per heavy atom. The van der Waals surface area contributed by atoms with Crippen LogP contribution in [0.1, 0.15) is 40.0 Å². The van der Waals surface area contributed by atoms with Crippen molar-refractivity contribution < 1.29 is 60.9 Å². The Morgan fingerprint density at radius 1 is 0.794 bits per heavy atom. The van der Waals surface area contributed by atoms with E-state index in [0.717, 1.165) is 16.6 Å². The summed E-state index contributed by atoms with van der Waals surface area (Å²) in [7, 11) is -10.7. The fraction of sp³-hybridized carbons (Fsp3) is 1.00. The highest BCUT2D eigenvalue weighted by atomic mass is 32.3. The number of rotatable bonds is 9. The Morgan fingerprint density at radius 2 is 1.15 bits per heavy atom. The lowest BCUT2D eigenvalue weighted by Crippen LogP contribution is -2.59. The first-order chi connectivity index (χ1) is 15.1. The monoisotopic (exact) mass is 570 g/mol. The SMILES string of the molecule is CO[Si](CCC[N+]1(C(C)(C)C)CCCC1)(OC)OC.O=S(=O)([N-]S(=O)(=O)C(F)(F)F)C(F)(F)F. The molecule has 0 aromatic carbocycles. The number of alkyl halides is 6. The third-order valence-electron chi connectivity index (χ3n) is 5.63. The topological polar surface area (TPSA) is 110 Å². The van der Waals surface area contributed by atoms with E-state index < -0.39 is 39.9 Å². The van der Waals surface area contributed by atoms with E-state index in [9.17, 15) is 43.2 Å². The van der Waals surface area contributed by atoms with E-state index in [1.165, 1.54) is 37.0 Å². The maximum Gasteiger partial charge on any atom is 0.500 e. The predicted molar refractivity (Wildman–Crippen MR) is 113 cm³/mol. The summed E-state index contributed by atoms with van der Waals surface area (Å²) in [5.41, 5.74) is -12.1. The molecule has 0 N–H and O–H groups in total. The third-order valence-corrected chi connectivity index (χ3v) is 11.2. The van der Waals surface area contributed by atoms with Crippen molar-refractivity contribution >= 4 is 28.9 Å². The lowest BCUT2D eigenvalue weighted by molar-refractivity contribution is -0.960. The largest absolute Gasteiger partial charge is 0.500 e. The van der Waals surface area contributed by atoms with Gasteiger partial charge in [-0.05, 0) is 20.8 Å². The molecule has 0 bridgehead atoms. The number of hydrogen-bond donors (Lipinski definition) is 0. The highest BCUT2D eigenvalue weighted by Crippen LogP contribution is 2.36. The summed E-state index contributed by atoms with van der Waals surface area (Å²) in [6.45, 7) is 10.9. The van der Waals surface area contributed by atoms with E-state index in [1.807, 2.05) is 0 Å². The molecule has 1 aliphatic rings. The van der Waals surface area contributed by atoms with Crippen LogP contribution in [0.25, 0.3) is 4.13 Å². The van der Waals surface area contributed by atoms with E-state index >= 15 is 0 Å². The van der Waals surface area contributed by atoms with Crippen LogP contribution < -0.4 is 0 Å². The van der Waals surface area contributed by atoms with Gasteiger partial charge in [0.2, 0.25) is 0 Å². The van der Waals surface area contributed by atoms with Gasteiger partial charge in [0.25, 0.3) is 0 Å². The minimum Gasteiger partial charge on any atom is -0.421 e. The maximum atomic E-state index is 11.4. The first kappa shape index (κ1) is 33.5. The van der Waals surface area contributed by atoms with Gasteiger partial charge in [-0.25, -0.2) is 16.8 Å². The minimum absolute atomic E-state index is 0.327. The molecule has 1 rings (SSSR count). The van der Waals surface area contributed by atoms with Crippen LogP contribution in [0.15, 0.2) is 0 Å². The molecule has 0 amide bonds. The molecule has 0 spiro atoms. The Kier molecular flexibility index (Phi) is 11.5. The lowest BCUT2D eigenvalue weighted by atomic mass is 10.0. The second-order valence-electron chi connectivity index (χ2n) is 8.51. The van der Waals surface area contributed by atoms with Crippen molar-refractivity contribution in [3.8, 4) is 0 Å². The smallest absolute Gasteiger partial charge is 0.421 e. The second kappa shape index (κ2) is 11.7. The Hall–Kier alpha value is -0.503. The Bertz CT molecular complexity index is 798. The van der Waals surface area contributed by atoms with Gasteiger partial charge in [-0.3, -0.25) is 0 Å². The van der Waals surface area contributed by atoms with Gasteiger partial charge in [0.1, 0.15) is 0 Å². The normalized spacial score (nSPS) is 17.9. The number of quaternary nitrogens is 1. The zero-order valence-corrected chi connectivity index (χ0v) is 22.4. The van der Waals surface area contributed by atoms with Crippen LogP contribution in [0, 0.1) is 0 Å². The van der Waals surface area contributed by atoms with Crippen LogP contribution in [-0.2, 0) is 33.3 Å². The van der Waals surface area contributed by atoms with Crippen molar-refractivity contribution in [1.82, 2.24) is 0 Å². The van der Waals surface area contributed by atoms with Crippen LogP contribution in [0.5, 0.6) is 0 Å². The van der Waals surface area contributed by atoms with Gasteiger partial charge >= 0.3 is 19.8 Å². The van der Waals surface area contributed by atoms with Crippen LogP contribution in [-0.4, -0.2) is 87.6 Å². The summed E-state index contributed by atoms with van der Waals surface area (Å²) in [5, 5.41) is 0. The van der Waals surface area contributed by atoms with Gasteiger partial charge < -0.3 is 21.9 Å². The van der Waals surface area contributed by atoms with E-state index in [2.05, 4.69) is 20.8 Å². The third kappa shape index (κ3) is 8.56. The van der Waals surface area contributed by atoms with Crippen LogP contribution in [0.3, 0.4) is 0 Å². The average molecular weight is 571 g/mol. The van der Waals surface area contributed by atoms with Crippen molar-refractivity contribution in [2.75, 3.05) is 41.0 Å². The number of halogens is 6. The molecule has 1 heterocycles. The number of likely N-dealkylation sites (tertiary alicyclic amines) is 1. The summed E-state index contributed by atoms with van der Waals surface area (Å²) in [6.07, 6.45) is 3.83. The van der Waals surface area contributed by atoms with Gasteiger partial charge in [0.05, 0.1) is 25.2 Å². The Balaban J connectivity index is 0.000000661. The molecule has 9 nitrogen and oxygen atoms in total. The minimum atomic E-state index is -6.72. The molecule has 0 aromatic rings. The maximum absolute atomic E-state index is 11.4. The number of sulfonamides is 2. The zero-order valence-electron chi connectivity index (χ0n) is 19.8. The molecule has 1 aliphatic heterocycles. The molecule has 18 heteroatoms. The molecule has 0 aromatic heterocycles. The molecule has 1 fully saturated rings. The molecule has 206 valence electrons. The van der Waals surface area contributed by atoms with Crippen molar-refractivity contribution in [2.24, 2.45) is 0 Å².